The number of halogens is 1. The maximum absolute atomic E-state index is 11.9. The van der Waals surface area contributed by atoms with Gasteiger partial charge >= 0.3 is 0 Å². The highest BCUT2D eigenvalue weighted by Crippen LogP contribution is 2.27. The summed E-state index contributed by atoms with van der Waals surface area (Å²) in [5.74, 6) is -0.256. The van der Waals surface area contributed by atoms with Gasteiger partial charge in [0.25, 0.3) is 11.6 Å². The van der Waals surface area contributed by atoms with Gasteiger partial charge in [0.15, 0.2) is 0 Å². The SMILES string of the molecule is CC(C(=O)Nc1ccc(Cl)c([N+](=O)[O-])c1)=C1CNC1. The van der Waals surface area contributed by atoms with E-state index < -0.39 is 4.92 Å². The first-order valence-corrected chi connectivity index (χ1v) is 6.01. The molecule has 0 bridgehead atoms. The van der Waals surface area contributed by atoms with Gasteiger partial charge in [-0.2, -0.15) is 0 Å². The summed E-state index contributed by atoms with van der Waals surface area (Å²) >= 11 is 5.70. The molecule has 2 N–H and O–H groups in total. The standard InChI is InChI=1S/C12H12ClN3O3/c1-7(8-5-14-6-8)12(17)15-9-2-3-10(13)11(4-9)16(18)19/h2-4,14H,5-6H2,1H3,(H,15,17). The highest BCUT2D eigenvalue weighted by molar-refractivity contribution is 6.32. The zero-order valence-electron chi connectivity index (χ0n) is 10.2. The van der Waals surface area contributed by atoms with Crippen molar-refractivity contribution in [2.45, 2.75) is 6.92 Å². The Kier molecular flexibility index (Phi) is 3.82. The Balaban J connectivity index is 2.17. The van der Waals surface area contributed by atoms with Gasteiger partial charge < -0.3 is 10.6 Å². The molecule has 0 spiro atoms. The van der Waals surface area contributed by atoms with Crippen molar-refractivity contribution in [3.8, 4) is 0 Å². The van der Waals surface area contributed by atoms with E-state index in [0.29, 0.717) is 24.4 Å². The van der Waals surface area contributed by atoms with E-state index in [1.807, 2.05) is 0 Å². The van der Waals surface area contributed by atoms with E-state index in [-0.39, 0.29) is 16.6 Å². The predicted octanol–water partition coefficient (Wildman–Crippen LogP) is 2.11. The maximum atomic E-state index is 11.9. The number of nitrogens with one attached hydrogen (secondary N) is 2. The van der Waals surface area contributed by atoms with E-state index >= 15 is 0 Å². The van der Waals surface area contributed by atoms with Crippen molar-refractivity contribution in [2.75, 3.05) is 18.4 Å². The van der Waals surface area contributed by atoms with Gasteiger partial charge in [-0.15, -0.1) is 0 Å². The predicted molar refractivity (Wildman–Crippen MR) is 72.3 cm³/mol. The Hall–Kier alpha value is -1.92. The van der Waals surface area contributed by atoms with Crippen molar-refractivity contribution in [1.29, 1.82) is 0 Å². The molecule has 1 aromatic carbocycles. The van der Waals surface area contributed by atoms with Crippen LogP contribution in [0.25, 0.3) is 0 Å². The van der Waals surface area contributed by atoms with Crippen LogP contribution in [0.2, 0.25) is 5.02 Å². The first-order chi connectivity index (χ1) is 8.99. The number of carbonyl (C=O) groups excluding carboxylic acids is 1. The second-order valence-electron chi connectivity index (χ2n) is 4.21. The molecule has 1 aromatic rings. The van der Waals surface area contributed by atoms with Crippen LogP contribution >= 0.6 is 11.6 Å². The quantitative estimate of drug-likeness (QED) is 0.505. The molecule has 1 aliphatic rings. The number of benzene rings is 1. The zero-order valence-corrected chi connectivity index (χ0v) is 11.0. The number of rotatable bonds is 3. The Bertz CT molecular complexity index is 578. The molecular formula is C12H12ClN3O3. The first-order valence-electron chi connectivity index (χ1n) is 5.63. The van der Waals surface area contributed by atoms with Gasteiger partial charge in [-0.1, -0.05) is 11.6 Å². The van der Waals surface area contributed by atoms with Crippen LogP contribution in [0.4, 0.5) is 11.4 Å². The topological polar surface area (TPSA) is 84.3 Å². The van der Waals surface area contributed by atoms with Crippen LogP contribution in [0.3, 0.4) is 0 Å². The van der Waals surface area contributed by atoms with Crippen LogP contribution in [0.5, 0.6) is 0 Å². The number of nitro benzene ring substituents is 1. The molecule has 6 nitrogen and oxygen atoms in total. The average Bonchev–Trinajstić information content (AvgIpc) is 2.28. The second-order valence-corrected chi connectivity index (χ2v) is 4.62. The molecule has 1 fully saturated rings. The van der Waals surface area contributed by atoms with Crippen molar-refractivity contribution in [1.82, 2.24) is 5.32 Å². The number of anilines is 1. The van der Waals surface area contributed by atoms with Gasteiger partial charge in [-0.05, 0) is 24.6 Å². The van der Waals surface area contributed by atoms with Crippen molar-refractivity contribution in [3.05, 3.63) is 44.5 Å². The molecule has 0 saturated carbocycles. The number of hydrogen-bond donors (Lipinski definition) is 2. The average molecular weight is 282 g/mol. The third kappa shape index (κ3) is 2.91. The summed E-state index contributed by atoms with van der Waals surface area (Å²) in [5, 5.41) is 16.5. The minimum Gasteiger partial charge on any atom is -0.322 e. The minimum absolute atomic E-state index is 0.0428. The molecule has 1 aliphatic heterocycles. The normalized spacial score (nSPS) is 13.7. The Morgan fingerprint density at radius 3 is 2.68 bits per heavy atom. The van der Waals surface area contributed by atoms with Gasteiger partial charge in [-0.3, -0.25) is 14.9 Å². The molecule has 0 radical (unpaired) electrons. The van der Waals surface area contributed by atoms with Crippen LogP contribution in [-0.4, -0.2) is 23.9 Å². The van der Waals surface area contributed by atoms with Gasteiger partial charge in [0.05, 0.1) is 4.92 Å². The fourth-order valence-electron chi connectivity index (χ4n) is 1.63. The monoisotopic (exact) mass is 281 g/mol. The summed E-state index contributed by atoms with van der Waals surface area (Å²) in [6.07, 6.45) is 0. The van der Waals surface area contributed by atoms with E-state index in [0.717, 1.165) is 5.57 Å². The molecule has 0 aliphatic carbocycles. The first kappa shape index (κ1) is 13.5. The fraction of sp³-hybridized carbons (Fsp3) is 0.250. The number of amides is 1. The molecule has 7 heteroatoms. The van der Waals surface area contributed by atoms with Crippen LogP contribution in [0, 0.1) is 10.1 Å². The Labute approximate surface area is 114 Å². The van der Waals surface area contributed by atoms with Gasteiger partial charge in [0.2, 0.25) is 0 Å². The third-order valence-corrected chi connectivity index (χ3v) is 3.27. The number of nitro groups is 1. The fourth-order valence-corrected chi connectivity index (χ4v) is 1.82. The molecule has 0 atom stereocenters. The number of nitrogens with zero attached hydrogens (tertiary/aromatic N) is 1. The lowest BCUT2D eigenvalue weighted by Gasteiger charge is -2.21. The third-order valence-electron chi connectivity index (χ3n) is 2.95. The molecular weight excluding hydrogens is 270 g/mol. The van der Waals surface area contributed by atoms with Crippen LogP contribution < -0.4 is 10.6 Å². The maximum Gasteiger partial charge on any atom is 0.289 e. The van der Waals surface area contributed by atoms with Crippen molar-refractivity contribution in [2.24, 2.45) is 0 Å². The summed E-state index contributed by atoms with van der Waals surface area (Å²) in [5.41, 5.74) is 1.81. The van der Waals surface area contributed by atoms with Crippen LogP contribution in [0.1, 0.15) is 6.92 Å². The second kappa shape index (κ2) is 5.38. The van der Waals surface area contributed by atoms with Crippen molar-refractivity contribution < 1.29 is 9.72 Å². The van der Waals surface area contributed by atoms with Gasteiger partial charge in [-0.25, -0.2) is 0 Å². The summed E-state index contributed by atoms with van der Waals surface area (Å²) in [7, 11) is 0. The summed E-state index contributed by atoms with van der Waals surface area (Å²) in [6.45, 7) is 3.15. The van der Waals surface area contributed by atoms with E-state index in [2.05, 4.69) is 10.6 Å². The summed E-state index contributed by atoms with van der Waals surface area (Å²) in [6, 6.07) is 4.17. The van der Waals surface area contributed by atoms with E-state index in [9.17, 15) is 14.9 Å². The lowest BCUT2D eigenvalue weighted by Crippen LogP contribution is -2.36. The molecule has 0 aromatic heterocycles. The minimum atomic E-state index is -0.584. The Morgan fingerprint density at radius 2 is 2.16 bits per heavy atom. The van der Waals surface area contributed by atoms with Crippen molar-refractivity contribution >= 4 is 28.9 Å². The summed E-state index contributed by atoms with van der Waals surface area (Å²) < 4.78 is 0. The lowest BCUT2D eigenvalue weighted by atomic mass is 10.0. The van der Waals surface area contributed by atoms with Gasteiger partial charge in [0.1, 0.15) is 5.02 Å². The van der Waals surface area contributed by atoms with E-state index in [4.69, 9.17) is 11.6 Å². The Morgan fingerprint density at radius 1 is 1.47 bits per heavy atom. The molecule has 2 rings (SSSR count). The molecule has 19 heavy (non-hydrogen) atoms. The summed E-state index contributed by atoms with van der Waals surface area (Å²) in [4.78, 5) is 22.1. The van der Waals surface area contributed by atoms with Crippen molar-refractivity contribution in [3.63, 3.8) is 0 Å². The highest BCUT2D eigenvalue weighted by atomic mass is 35.5. The lowest BCUT2D eigenvalue weighted by molar-refractivity contribution is -0.384. The molecule has 100 valence electrons. The van der Waals surface area contributed by atoms with Crippen LogP contribution in [-0.2, 0) is 4.79 Å². The molecule has 1 heterocycles. The molecule has 0 unspecified atom stereocenters. The van der Waals surface area contributed by atoms with E-state index in [1.165, 1.54) is 18.2 Å². The zero-order chi connectivity index (χ0) is 14.0. The van der Waals surface area contributed by atoms with E-state index in [1.54, 1.807) is 6.92 Å². The number of carbonyl (C=O) groups is 1. The highest BCUT2D eigenvalue weighted by Gasteiger charge is 2.18. The molecule has 1 amide bonds. The largest absolute Gasteiger partial charge is 0.322 e. The number of hydrogen-bond acceptors (Lipinski definition) is 4. The van der Waals surface area contributed by atoms with Crippen LogP contribution in [0.15, 0.2) is 29.3 Å². The van der Waals surface area contributed by atoms with Gasteiger partial charge in [0, 0.05) is 30.4 Å². The molecule has 1 saturated heterocycles. The smallest absolute Gasteiger partial charge is 0.289 e.